The predicted octanol–water partition coefficient (Wildman–Crippen LogP) is 4.29. The standard InChI is InChI=1S/C23H19ClF3N3O6/c1-12-9-14(5-6-17(12)28-7-8-36-22(28)35)29-11-15(20(32)33)19(31)30(21(29)34)10-13-3-2-4-16(18(13)24)23(25,26)27/h2-6,9,15H,7-8,10-11H2,1H3,(H,32,33). The Balaban J connectivity index is 1.68. The fraction of sp³-hybridized carbons (Fsp3) is 0.304. The zero-order chi connectivity index (χ0) is 26.4. The molecule has 0 bridgehead atoms. The number of rotatable bonds is 5. The SMILES string of the molecule is Cc1cc(N2CC(C(=O)O)C(=O)N(Cc3cccc(C(F)(F)F)c3Cl)C2=O)ccc1N1CCOC1=O. The van der Waals surface area contributed by atoms with Crippen LogP contribution in [0.2, 0.25) is 5.02 Å². The molecule has 2 aromatic rings. The summed E-state index contributed by atoms with van der Waals surface area (Å²) in [5.74, 6) is -4.21. The van der Waals surface area contributed by atoms with Crippen molar-refractivity contribution in [3.05, 3.63) is 58.1 Å². The van der Waals surface area contributed by atoms with Gasteiger partial charge in [0.2, 0.25) is 5.91 Å². The lowest BCUT2D eigenvalue weighted by atomic mass is 10.0. The molecule has 36 heavy (non-hydrogen) atoms. The third-order valence-corrected chi connectivity index (χ3v) is 6.39. The molecule has 1 atom stereocenters. The van der Waals surface area contributed by atoms with Gasteiger partial charge in [-0.05, 0) is 42.3 Å². The van der Waals surface area contributed by atoms with Crippen molar-refractivity contribution in [3.63, 3.8) is 0 Å². The van der Waals surface area contributed by atoms with Crippen LogP contribution < -0.4 is 9.80 Å². The molecule has 9 nitrogen and oxygen atoms in total. The molecule has 2 aromatic carbocycles. The number of aryl methyl sites for hydroxylation is 1. The molecular weight excluding hydrogens is 507 g/mol. The summed E-state index contributed by atoms with van der Waals surface area (Å²) in [5.41, 5.74) is 0.0439. The Morgan fingerprint density at radius 3 is 2.47 bits per heavy atom. The van der Waals surface area contributed by atoms with Gasteiger partial charge in [-0.15, -0.1) is 0 Å². The van der Waals surface area contributed by atoms with E-state index >= 15 is 0 Å². The summed E-state index contributed by atoms with van der Waals surface area (Å²) >= 11 is 5.93. The molecule has 2 aliphatic rings. The first kappa shape index (κ1) is 25.3. The van der Waals surface area contributed by atoms with Crippen molar-refractivity contribution >= 4 is 47.0 Å². The highest BCUT2D eigenvalue weighted by Crippen LogP contribution is 2.37. The molecule has 0 aromatic heterocycles. The number of hydrogen-bond acceptors (Lipinski definition) is 5. The quantitative estimate of drug-likeness (QED) is 0.583. The molecule has 2 aliphatic heterocycles. The molecule has 4 rings (SSSR count). The third-order valence-electron chi connectivity index (χ3n) is 5.95. The number of carboxylic acids is 1. The third kappa shape index (κ3) is 4.55. The normalized spacial score (nSPS) is 18.6. The lowest BCUT2D eigenvalue weighted by Crippen LogP contribution is -2.58. The smallest absolute Gasteiger partial charge is 0.417 e. The highest BCUT2D eigenvalue weighted by Gasteiger charge is 2.44. The minimum atomic E-state index is -4.76. The van der Waals surface area contributed by atoms with Gasteiger partial charge in [0.15, 0.2) is 5.92 Å². The van der Waals surface area contributed by atoms with Crippen molar-refractivity contribution in [3.8, 4) is 0 Å². The van der Waals surface area contributed by atoms with Gasteiger partial charge in [-0.2, -0.15) is 13.2 Å². The molecule has 0 spiro atoms. The van der Waals surface area contributed by atoms with E-state index in [-0.39, 0.29) is 17.9 Å². The van der Waals surface area contributed by atoms with Crippen molar-refractivity contribution in [2.75, 3.05) is 29.5 Å². The Morgan fingerprint density at radius 2 is 1.89 bits per heavy atom. The fourth-order valence-corrected chi connectivity index (χ4v) is 4.42. The van der Waals surface area contributed by atoms with E-state index in [2.05, 4.69) is 0 Å². The van der Waals surface area contributed by atoms with Crippen LogP contribution in [0.25, 0.3) is 0 Å². The Morgan fingerprint density at radius 1 is 1.17 bits per heavy atom. The van der Waals surface area contributed by atoms with Gasteiger partial charge in [0.1, 0.15) is 6.61 Å². The van der Waals surface area contributed by atoms with Gasteiger partial charge in [-0.25, -0.2) is 9.59 Å². The van der Waals surface area contributed by atoms with E-state index in [1.807, 2.05) is 0 Å². The number of aliphatic carboxylic acids is 1. The second kappa shape index (κ2) is 9.34. The molecule has 190 valence electrons. The number of halogens is 4. The van der Waals surface area contributed by atoms with Crippen LogP contribution in [-0.2, 0) is 27.0 Å². The van der Waals surface area contributed by atoms with Crippen LogP contribution in [0.4, 0.5) is 34.1 Å². The maximum atomic E-state index is 13.3. The molecule has 4 amide bonds. The highest BCUT2D eigenvalue weighted by molar-refractivity contribution is 6.32. The summed E-state index contributed by atoms with van der Waals surface area (Å²) in [4.78, 5) is 52.9. The Labute approximate surface area is 207 Å². The van der Waals surface area contributed by atoms with E-state index in [0.717, 1.165) is 17.0 Å². The summed E-state index contributed by atoms with van der Waals surface area (Å²) in [6.45, 7) is 1.10. The van der Waals surface area contributed by atoms with Crippen molar-refractivity contribution in [1.29, 1.82) is 0 Å². The zero-order valence-electron chi connectivity index (χ0n) is 18.7. The van der Waals surface area contributed by atoms with Crippen LogP contribution in [0.15, 0.2) is 36.4 Å². The molecule has 0 aliphatic carbocycles. The number of carbonyl (C=O) groups excluding carboxylic acids is 3. The summed E-state index contributed by atoms with van der Waals surface area (Å²) in [5, 5.41) is 8.91. The van der Waals surface area contributed by atoms with Crippen LogP contribution in [0.5, 0.6) is 0 Å². The Kier molecular flexibility index (Phi) is 6.56. The average Bonchev–Trinajstić information content (AvgIpc) is 3.22. The van der Waals surface area contributed by atoms with E-state index in [1.165, 1.54) is 17.0 Å². The number of carboxylic acid groups (broad SMARTS) is 1. The van der Waals surface area contributed by atoms with E-state index in [9.17, 15) is 37.5 Å². The van der Waals surface area contributed by atoms with Gasteiger partial charge in [-0.3, -0.25) is 24.3 Å². The number of benzene rings is 2. The number of hydrogen-bond donors (Lipinski definition) is 1. The zero-order valence-corrected chi connectivity index (χ0v) is 19.5. The van der Waals surface area contributed by atoms with E-state index in [1.54, 1.807) is 19.1 Å². The van der Waals surface area contributed by atoms with Gasteiger partial charge in [0, 0.05) is 12.2 Å². The summed E-state index contributed by atoms with van der Waals surface area (Å²) in [6.07, 6.45) is -5.29. The van der Waals surface area contributed by atoms with Crippen molar-refractivity contribution in [2.45, 2.75) is 19.6 Å². The number of cyclic esters (lactones) is 1. The number of alkyl halides is 3. The maximum absolute atomic E-state index is 13.3. The molecule has 13 heteroatoms. The first-order valence-corrected chi connectivity index (χ1v) is 11.0. The molecular formula is C23H19ClF3N3O6. The molecule has 1 unspecified atom stereocenters. The highest BCUT2D eigenvalue weighted by atomic mass is 35.5. The van der Waals surface area contributed by atoms with Crippen LogP contribution >= 0.6 is 11.6 Å². The van der Waals surface area contributed by atoms with Crippen LogP contribution in [0.3, 0.4) is 0 Å². The monoisotopic (exact) mass is 525 g/mol. The van der Waals surface area contributed by atoms with Crippen molar-refractivity contribution in [1.82, 2.24) is 4.90 Å². The summed E-state index contributed by atoms with van der Waals surface area (Å²) in [6, 6.07) is 6.74. The molecule has 2 fully saturated rings. The second-order valence-corrected chi connectivity index (χ2v) is 8.60. The average molecular weight is 526 g/mol. The number of nitrogens with zero attached hydrogens (tertiary/aromatic N) is 3. The molecule has 0 saturated carbocycles. The van der Waals surface area contributed by atoms with E-state index < -0.39 is 59.8 Å². The first-order valence-electron chi connectivity index (χ1n) is 10.7. The number of ether oxygens (including phenoxy) is 1. The number of amides is 4. The van der Waals surface area contributed by atoms with Crippen LogP contribution in [0.1, 0.15) is 16.7 Å². The van der Waals surface area contributed by atoms with Gasteiger partial charge in [0.05, 0.1) is 29.4 Å². The molecule has 2 saturated heterocycles. The van der Waals surface area contributed by atoms with Crippen molar-refractivity contribution < 1.29 is 42.2 Å². The van der Waals surface area contributed by atoms with E-state index in [0.29, 0.717) is 22.7 Å². The summed E-state index contributed by atoms with van der Waals surface area (Å²) in [7, 11) is 0. The number of imide groups is 1. The number of urea groups is 1. The second-order valence-electron chi connectivity index (χ2n) is 8.22. The van der Waals surface area contributed by atoms with E-state index in [4.69, 9.17) is 16.3 Å². The number of carbonyl (C=O) groups is 4. The largest absolute Gasteiger partial charge is 0.481 e. The Hall–Kier alpha value is -3.80. The fourth-order valence-electron chi connectivity index (χ4n) is 4.13. The maximum Gasteiger partial charge on any atom is 0.417 e. The molecule has 0 radical (unpaired) electrons. The topological polar surface area (TPSA) is 107 Å². The summed E-state index contributed by atoms with van der Waals surface area (Å²) < 4.78 is 44.7. The molecule has 1 N–H and O–H groups in total. The van der Waals surface area contributed by atoms with Crippen molar-refractivity contribution in [2.24, 2.45) is 5.92 Å². The lowest BCUT2D eigenvalue weighted by Gasteiger charge is -2.37. The van der Waals surface area contributed by atoms with Gasteiger partial charge in [0.25, 0.3) is 0 Å². The first-order chi connectivity index (χ1) is 16.9. The Bertz CT molecular complexity index is 1270. The number of anilines is 2. The molecule has 2 heterocycles. The minimum absolute atomic E-state index is 0.168. The predicted molar refractivity (Wildman–Crippen MR) is 121 cm³/mol. The van der Waals surface area contributed by atoms with Crippen LogP contribution in [-0.4, -0.2) is 53.7 Å². The lowest BCUT2D eigenvalue weighted by molar-refractivity contribution is -0.150. The minimum Gasteiger partial charge on any atom is -0.481 e. The van der Waals surface area contributed by atoms with Crippen LogP contribution in [0, 0.1) is 12.8 Å². The van der Waals surface area contributed by atoms with Gasteiger partial charge in [-0.1, -0.05) is 23.7 Å². The van der Waals surface area contributed by atoms with Gasteiger partial charge >= 0.3 is 24.3 Å². The van der Waals surface area contributed by atoms with Gasteiger partial charge < -0.3 is 9.84 Å².